The molecular formula is C14H18N2O2S. The Labute approximate surface area is 116 Å². The summed E-state index contributed by atoms with van der Waals surface area (Å²) in [6.07, 6.45) is 2.91. The van der Waals surface area contributed by atoms with Gasteiger partial charge in [0.25, 0.3) is 0 Å². The molecule has 0 fully saturated rings. The number of aromatic hydroxyl groups is 2. The Morgan fingerprint density at radius 1 is 1.37 bits per heavy atom. The van der Waals surface area contributed by atoms with Gasteiger partial charge in [0.05, 0.1) is 0 Å². The summed E-state index contributed by atoms with van der Waals surface area (Å²) >= 11 is 1.70. The molecule has 0 bridgehead atoms. The third-order valence-electron chi connectivity index (χ3n) is 2.99. The van der Waals surface area contributed by atoms with E-state index in [1.165, 1.54) is 10.9 Å². The molecule has 5 heteroatoms. The van der Waals surface area contributed by atoms with Crippen molar-refractivity contribution in [1.29, 1.82) is 0 Å². The standard InChI is InChI=1S/C14H18N2O2S/c1-3-11-7-16-14(19-11)8-15-9(2)12-5-4-10(17)6-13(12)18/h4-7,9,15,17-18H,3,8H2,1-2H3. The molecule has 0 aliphatic heterocycles. The van der Waals surface area contributed by atoms with Gasteiger partial charge in [-0.3, -0.25) is 0 Å². The summed E-state index contributed by atoms with van der Waals surface area (Å²) in [6.45, 7) is 4.76. The van der Waals surface area contributed by atoms with E-state index in [4.69, 9.17) is 0 Å². The van der Waals surface area contributed by atoms with Gasteiger partial charge in [0.1, 0.15) is 16.5 Å². The van der Waals surface area contributed by atoms with Crippen LogP contribution in [0.4, 0.5) is 0 Å². The number of hydrogen-bond acceptors (Lipinski definition) is 5. The zero-order valence-corrected chi connectivity index (χ0v) is 11.9. The average Bonchev–Trinajstić information content (AvgIpc) is 2.84. The first-order chi connectivity index (χ1) is 9.10. The predicted octanol–water partition coefficient (Wildman–Crippen LogP) is 2.97. The van der Waals surface area contributed by atoms with Gasteiger partial charge in [-0.05, 0) is 19.4 Å². The van der Waals surface area contributed by atoms with E-state index in [0.717, 1.165) is 17.0 Å². The molecule has 0 saturated carbocycles. The minimum atomic E-state index is -0.00502. The van der Waals surface area contributed by atoms with E-state index in [9.17, 15) is 10.2 Å². The van der Waals surface area contributed by atoms with Crippen molar-refractivity contribution < 1.29 is 10.2 Å². The number of aromatic nitrogens is 1. The highest BCUT2D eigenvalue weighted by Crippen LogP contribution is 2.28. The van der Waals surface area contributed by atoms with Crippen molar-refractivity contribution in [2.75, 3.05) is 0 Å². The van der Waals surface area contributed by atoms with Crippen LogP contribution in [0.1, 0.15) is 35.3 Å². The maximum Gasteiger partial charge on any atom is 0.124 e. The highest BCUT2D eigenvalue weighted by Gasteiger charge is 2.11. The Balaban J connectivity index is 1.98. The topological polar surface area (TPSA) is 65.4 Å². The molecule has 19 heavy (non-hydrogen) atoms. The van der Waals surface area contributed by atoms with Gasteiger partial charge >= 0.3 is 0 Å². The van der Waals surface area contributed by atoms with E-state index >= 15 is 0 Å². The highest BCUT2D eigenvalue weighted by atomic mass is 32.1. The fourth-order valence-electron chi connectivity index (χ4n) is 1.84. The molecule has 2 aromatic rings. The number of thiazole rings is 1. The molecule has 1 unspecified atom stereocenters. The van der Waals surface area contributed by atoms with Crippen LogP contribution >= 0.6 is 11.3 Å². The first-order valence-electron chi connectivity index (χ1n) is 6.29. The van der Waals surface area contributed by atoms with Crippen LogP contribution in [0, 0.1) is 0 Å². The lowest BCUT2D eigenvalue weighted by Crippen LogP contribution is -2.18. The number of rotatable bonds is 5. The first kappa shape index (κ1) is 13.8. The van der Waals surface area contributed by atoms with Gasteiger partial charge in [-0.2, -0.15) is 0 Å². The van der Waals surface area contributed by atoms with Crippen molar-refractivity contribution in [3.05, 3.63) is 39.8 Å². The van der Waals surface area contributed by atoms with Crippen molar-refractivity contribution in [2.45, 2.75) is 32.9 Å². The largest absolute Gasteiger partial charge is 0.508 e. The third-order valence-corrected chi connectivity index (χ3v) is 4.13. The zero-order valence-electron chi connectivity index (χ0n) is 11.1. The molecule has 1 aromatic heterocycles. The van der Waals surface area contributed by atoms with Crippen molar-refractivity contribution >= 4 is 11.3 Å². The summed E-state index contributed by atoms with van der Waals surface area (Å²) in [6, 6.07) is 4.65. The van der Waals surface area contributed by atoms with E-state index in [1.54, 1.807) is 23.5 Å². The monoisotopic (exact) mass is 278 g/mol. The molecule has 0 saturated heterocycles. The highest BCUT2D eigenvalue weighted by molar-refractivity contribution is 7.11. The maximum absolute atomic E-state index is 9.79. The van der Waals surface area contributed by atoms with E-state index in [2.05, 4.69) is 17.2 Å². The van der Waals surface area contributed by atoms with Gasteiger partial charge in [0, 0.05) is 35.3 Å². The number of phenols is 2. The van der Waals surface area contributed by atoms with Crippen LogP contribution in [0.5, 0.6) is 11.5 Å². The lowest BCUT2D eigenvalue weighted by Gasteiger charge is -2.14. The van der Waals surface area contributed by atoms with Crippen LogP contribution in [0.15, 0.2) is 24.4 Å². The van der Waals surface area contributed by atoms with Crippen molar-refractivity contribution in [3.63, 3.8) is 0 Å². The molecule has 2 rings (SSSR count). The Kier molecular flexibility index (Phi) is 4.39. The molecule has 0 radical (unpaired) electrons. The average molecular weight is 278 g/mol. The van der Waals surface area contributed by atoms with Crippen LogP contribution < -0.4 is 5.32 Å². The van der Waals surface area contributed by atoms with E-state index in [-0.39, 0.29) is 17.5 Å². The molecule has 1 heterocycles. The van der Waals surface area contributed by atoms with Crippen molar-refractivity contribution in [3.8, 4) is 11.5 Å². The fourth-order valence-corrected chi connectivity index (χ4v) is 2.66. The number of nitrogens with zero attached hydrogens (tertiary/aromatic N) is 1. The van der Waals surface area contributed by atoms with Crippen LogP contribution in [0.2, 0.25) is 0 Å². The second kappa shape index (κ2) is 6.04. The molecule has 4 nitrogen and oxygen atoms in total. The summed E-state index contributed by atoms with van der Waals surface area (Å²) in [7, 11) is 0. The predicted molar refractivity (Wildman–Crippen MR) is 76.5 cm³/mol. The van der Waals surface area contributed by atoms with Gasteiger partial charge in [-0.25, -0.2) is 4.98 Å². The van der Waals surface area contributed by atoms with Gasteiger partial charge in [-0.1, -0.05) is 13.0 Å². The second-order valence-corrected chi connectivity index (χ2v) is 5.62. The van der Waals surface area contributed by atoms with Crippen molar-refractivity contribution in [1.82, 2.24) is 10.3 Å². The minimum Gasteiger partial charge on any atom is -0.508 e. The number of hydrogen-bond donors (Lipinski definition) is 3. The van der Waals surface area contributed by atoms with Crippen LogP contribution in [0.3, 0.4) is 0 Å². The minimum absolute atomic E-state index is 0.00502. The van der Waals surface area contributed by atoms with Gasteiger partial charge in [0.2, 0.25) is 0 Å². The summed E-state index contributed by atoms with van der Waals surface area (Å²) < 4.78 is 0. The maximum atomic E-state index is 9.79. The first-order valence-corrected chi connectivity index (χ1v) is 7.10. The molecule has 0 amide bonds. The molecule has 1 atom stereocenters. The SMILES string of the molecule is CCc1cnc(CNC(C)c2ccc(O)cc2O)s1. The van der Waals surface area contributed by atoms with E-state index in [1.807, 2.05) is 13.1 Å². The smallest absolute Gasteiger partial charge is 0.124 e. The number of aryl methyl sites for hydroxylation is 1. The van der Waals surface area contributed by atoms with Crippen LogP contribution in [0.25, 0.3) is 0 Å². The molecule has 0 spiro atoms. The molecule has 3 N–H and O–H groups in total. The van der Waals surface area contributed by atoms with Crippen LogP contribution in [-0.4, -0.2) is 15.2 Å². The third kappa shape index (κ3) is 3.45. The molecular weight excluding hydrogens is 260 g/mol. The summed E-state index contributed by atoms with van der Waals surface area (Å²) in [5.41, 5.74) is 0.769. The fraction of sp³-hybridized carbons (Fsp3) is 0.357. The number of phenolic OH excluding ortho intramolecular Hbond substituents is 2. The summed E-state index contributed by atoms with van der Waals surface area (Å²) in [5, 5.41) is 23.4. The number of benzene rings is 1. The molecule has 0 aliphatic carbocycles. The van der Waals surface area contributed by atoms with Gasteiger partial charge < -0.3 is 15.5 Å². The lowest BCUT2D eigenvalue weighted by molar-refractivity contribution is 0.436. The van der Waals surface area contributed by atoms with Crippen molar-refractivity contribution in [2.24, 2.45) is 0 Å². The van der Waals surface area contributed by atoms with Crippen LogP contribution in [-0.2, 0) is 13.0 Å². The Morgan fingerprint density at radius 2 is 2.16 bits per heavy atom. The summed E-state index contributed by atoms with van der Waals surface area (Å²) in [5.74, 6) is 0.175. The molecule has 1 aromatic carbocycles. The lowest BCUT2D eigenvalue weighted by atomic mass is 10.1. The quantitative estimate of drug-likeness (QED) is 0.786. The normalized spacial score (nSPS) is 12.5. The van der Waals surface area contributed by atoms with E-state index < -0.39 is 0 Å². The molecule has 102 valence electrons. The van der Waals surface area contributed by atoms with Gasteiger partial charge in [-0.15, -0.1) is 11.3 Å². The Morgan fingerprint density at radius 3 is 2.79 bits per heavy atom. The molecule has 0 aliphatic rings. The Bertz CT molecular complexity index is 554. The zero-order chi connectivity index (χ0) is 13.8. The van der Waals surface area contributed by atoms with E-state index in [0.29, 0.717) is 6.54 Å². The summed E-state index contributed by atoms with van der Waals surface area (Å²) in [4.78, 5) is 5.62. The van der Waals surface area contributed by atoms with Gasteiger partial charge in [0.15, 0.2) is 0 Å². The second-order valence-electron chi connectivity index (χ2n) is 4.42. The number of nitrogens with one attached hydrogen (secondary N) is 1. The Hall–Kier alpha value is -1.59.